The molecule has 0 aliphatic rings. The van der Waals surface area contributed by atoms with Crippen molar-refractivity contribution in [3.63, 3.8) is 0 Å². The van der Waals surface area contributed by atoms with E-state index in [9.17, 15) is 9.90 Å². The molecule has 0 saturated heterocycles. The summed E-state index contributed by atoms with van der Waals surface area (Å²) in [5.74, 6) is 0.180. The number of pyridine rings is 1. The minimum atomic E-state index is -0.0741. The molecule has 0 saturated carbocycles. The molecule has 19 heavy (non-hydrogen) atoms. The van der Waals surface area contributed by atoms with Gasteiger partial charge in [-0.25, -0.2) is 4.57 Å². The molecule has 1 heterocycles. The molecular formula is C15H17N2O2+. The maximum atomic E-state index is 11.9. The second kappa shape index (κ2) is 6.00. The van der Waals surface area contributed by atoms with Crippen molar-refractivity contribution in [1.82, 2.24) is 5.32 Å². The minimum Gasteiger partial charge on any atom is -0.508 e. The Hall–Kier alpha value is -2.36. The number of amides is 1. The van der Waals surface area contributed by atoms with Crippen molar-refractivity contribution in [3.05, 3.63) is 59.9 Å². The van der Waals surface area contributed by atoms with E-state index in [1.807, 2.05) is 36.0 Å². The van der Waals surface area contributed by atoms with Gasteiger partial charge in [-0.15, -0.1) is 0 Å². The first-order chi connectivity index (χ1) is 9.15. The maximum Gasteiger partial charge on any atom is 0.257 e. The van der Waals surface area contributed by atoms with Crippen molar-refractivity contribution in [2.45, 2.75) is 6.42 Å². The van der Waals surface area contributed by atoms with Crippen LogP contribution >= 0.6 is 0 Å². The molecule has 0 aliphatic heterocycles. The van der Waals surface area contributed by atoms with Crippen LogP contribution in [0.25, 0.3) is 0 Å². The molecule has 0 spiro atoms. The Bertz CT molecular complexity index is 565. The number of aromatic nitrogens is 1. The van der Waals surface area contributed by atoms with Crippen molar-refractivity contribution in [2.75, 3.05) is 6.54 Å². The number of phenols is 1. The van der Waals surface area contributed by atoms with Gasteiger partial charge in [0.2, 0.25) is 0 Å². The van der Waals surface area contributed by atoms with Crippen LogP contribution in [0.4, 0.5) is 0 Å². The highest BCUT2D eigenvalue weighted by Gasteiger charge is 2.07. The Morgan fingerprint density at radius 3 is 2.68 bits per heavy atom. The normalized spacial score (nSPS) is 10.2. The minimum absolute atomic E-state index is 0.0741. The standard InChI is InChI=1S/C15H16N2O2/c1-17-10-2-3-13(11-17)15(19)16-9-8-12-4-6-14(18)7-5-12/h2-7,10-11H,8-9H2,1H3,(H-,16,18,19)/p+1. The zero-order chi connectivity index (χ0) is 13.7. The first-order valence-electron chi connectivity index (χ1n) is 6.16. The number of aryl methyl sites for hydroxylation is 1. The number of nitrogens with one attached hydrogen (secondary N) is 1. The Balaban J connectivity index is 1.86. The van der Waals surface area contributed by atoms with Crippen molar-refractivity contribution in [1.29, 1.82) is 0 Å². The quantitative estimate of drug-likeness (QED) is 0.808. The molecule has 2 aromatic rings. The summed E-state index contributed by atoms with van der Waals surface area (Å²) in [6, 6.07) is 10.6. The Labute approximate surface area is 112 Å². The van der Waals surface area contributed by atoms with Gasteiger partial charge in [0.1, 0.15) is 18.4 Å². The molecule has 2 N–H and O–H groups in total. The van der Waals surface area contributed by atoms with Crippen LogP contribution in [-0.2, 0) is 13.5 Å². The predicted octanol–water partition coefficient (Wildman–Crippen LogP) is 1.19. The third-order valence-corrected chi connectivity index (χ3v) is 2.84. The summed E-state index contributed by atoms with van der Waals surface area (Å²) in [5, 5.41) is 12.0. The van der Waals surface area contributed by atoms with E-state index in [1.165, 1.54) is 0 Å². The van der Waals surface area contributed by atoms with Crippen LogP contribution in [0.3, 0.4) is 0 Å². The number of carbonyl (C=O) groups is 1. The van der Waals surface area contributed by atoms with Gasteiger partial charge < -0.3 is 10.4 Å². The van der Waals surface area contributed by atoms with E-state index < -0.39 is 0 Å². The molecule has 2 rings (SSSR count). The van der Waals surface area contributed by atoms with E-state index in [0.717, 1.165) is 12.0 Å². The first-order valence-corrected chi connectivity index (χ1v) is 6.16. The van der Waals surface area contributed by atoms with Gasteiger partial charge in [0.15, 0.2) is 12.4 Å². The lowest BCUT2D eigenvalue weighted by Gasteiger charge is -2.04. The number of benzene rings is 1. The van der Waals surface area contributed by atoms with E-state index in [4.69, 9.17) is 0 Å². The Morgan fingerprint density at radius 1 is 1.26 bits per heavy atom. The fourth-order valence-corrected chi connectivity index (χ4v) is 1.81. The molecule has 4 nitrogen and oxygen atoms in total. The molecule has 0 aliphatic carbocycles. The largest absolute Gasteiger partial charge is 0.508 e. The van der Waals surface area contributed by atoms with Crippen molar-refractivity contribution < 1.29 is 14.5 Å². The molecule has 4 heteroatoms. The molecule has 1 amide bonds. The molecular weight excluding hydrogens is 240 g/mol. The maximum absolute atomic E-state index is 11.9. The van der Waals surface area contributed by atoms with Gasteiger partial charge in [-0.3, -0.25) is 4.79 Å². The van der Waals surface area contributed by atoms with Gasteiger partial charge >= 0.3 is 0 Å². The summed E-state index contributed by atoms with van der Waals surface area (Å²) >= 11 is 0. The van der Waals surface area contributed by atoms with Crippen LogP contribution in [0.5, 0.6) is 5.75 Å². The second-order valence-corrected chi connectivity index (χ2v) is 4.43. The average molecular weight is 257 g/mol. The third-order valence-electron chi connectivity index (χ3n) is 2.84. The van der Waals surface area contributed by atoms with Gasteiger partial charge in [0.25, 0.3) is 5.91 Å². The first kappa shape index (κ1) is 13.1. The van der Waals surface area contributed by atoms with Crippen molar-refractivity contribution >= 4 is 5.91 Å². The molecule has 0 unspecified atom stereocenters. The van der Waals surface area contributed by atoms with E-state index in [0.29, 0.717) is 12.1 Å². The topological polar surface area (TPSA) is 53.2 Å². The zero-order valence-corrected chi connectivity index (χ0v) is 10.8. The van der Waals surface area contributed by atoms with E-state index >= 15 is 0 Å². The molecule has 0 fully saturated rings. The van der Waals surface area contributed by atoms with Crippen LogP contribution in [0, 0.1) is 0 Å². The highest BCUT2D eigenvalue weighted by Crippen LogP contribution is 2.09. The van der Waals surface area contributed by atoms with Crippen LogP contribution in [0.1, 0.15) is 15.9 Å². The predicted molar refractivity (Wildman–Crippen MR) is 71.8 cm³/mol. The number of carbonyl (C=O) groups excluding carboxylic acids is 1. The number of hydrogen-bond donors (Lipinski definition) is 2. The molecule has 98 valence electrons. The lowest BCUT2D eigenvalue weighted by molar-refractivity contribution is -0.671. The smallest absolute Gasteiger partial charge is 0.257 e. The Morgan fingerprint density at radius 2 is 2.00 bits per heavy atom. The summed E-state index contributed by atoms with van der Waals surface area (Å²) in [4.78, 5) is 11.9. The number of nitrogens with zero attached hydrogens (tertiary/aromatic N) is 1. The summed E-state index contributed by atoms with van der Waals surface area (Å²) < 4.78 is 1.84. The van der Waals surface area contributed by atoms with E-state index in [2.05, 4.69) is 5.32 Å². The van der Waals surface area contributed by atoms with Crippen LogP contribution in [0.2, 0.25) is 0 Å². The lowest BCUT2D eigenvalue weighted by Crippen LogP contribution is -2.31. The number of aromatic hydroxyl groups is 1. The summed E-state index contributed by atoms with van der Waals surface area (Å²) in [5.41, 5.74) is 1.73. The van der Waals surface area contributed by atoms with Gasteiger partial charge in [-0.1, -0.05) is 12.1 Å². The van der Waals surface area contributed by atoms with E-state index in [1.54, 1.807) is 24.4 Å². The number of phenolic OH excluding ortho intramolecular Hbond substituents is 1. The monoisotopic (exact) mass is 257 g/mol. The summed E-state index contributed by atoms with van der Waals surface area (Å²) in [7, 11) is 1.88. The fourth-order valence-electron chi connectivity index (χ4n) is 1.81. The highest BCUT2D eigenvalue weighted by atomic mass is 16.3. The third kappa shape index (κ3) is 3.81. The van der Waals surface area contributed by atoms with Gasteiger partial charge in [0.05, 0.1) is 0 Å². The van der Waals surface area contributed by atoms with Crippen molar-refractivity contribution in [3.8, 4) is 5.75 Å². The molecule has 0 bridgehead atoms. The summed E-state index contributed by atoms with van der Waals surface area (Å²) in [6.45, 7) is 0.572. The van der Waals surface area contributed by atoms with Crippen LogP contribution in [-0.4, -0.2) is 17.6 Å². The number of hydrogen-bond acceptors (Lipinski definition) is 2. The highest BCUT2D eigenvalue weighted by molar-refractivity contribution is 5.93. The van der Waals surface area contributed by atoms with Gasteiger partial charge in [-0.05, 0) is 30.2 Å². The van der Waals surface area contributed by atoms with Crippen molar-refractivity contribution in [2.24, 2.45) is 7.05 Å². The SMILES string of the molecule is C[n+]1cccc(C(=O)NCCc2ccc(O)cc2)c1. The van der Waals surface area contributed by atoms with E-state index in [-0.39, 0.29) is 11.7 Å². The van der Waals surface area contributed by atoms with Gasteiger partial charge in [-0.2, -0.15) is 0 Å². The molecule has 0 radical (unpaired) electrons. The zero-order valence-electron chi connectivity index (χ0n) is 10.8. The molecule has 1 aromatic heterocycles. The number of rotatable bonds is 4. The average Bonchev–Trinajstić information content (AvgIpc) is 2.41. The van der Waals surface area contributed by atoms with Crippen LogP contribution < -0.4 is 9.88 Å². The summed E-state index contributed by atoms with van der Waals surface area (Å²) in [6.07, 6.45) is 4.41. The molecule has 1 aromatic carbocycles. The van der Waals surface area contributed by atoms with Gasteiger partial charge in [0, 0.05) is 12.6 Å². The fraction of sp³-hybridized carbons (Fsp3) is 0.200. The molecule has 0 atom stereocenters. The van der Waals surface area contributed by atoms with Crippen LogP contribution in [0.15, 0.2) is 48.8 Å². The lowest BCUT2D eigenvalue weighted by atomic mass is 10.1. The second-order valence-electron chi connectivity index (χ2n) is 4.43. The Kier molecular flexibility index (Phi) is 4.13.